The number of amides is 1. The SMILES string of the molecule is O=C(NC1CCCC(n2c(-c3ccccn3)nc3cc(-c4ncon4)ncc32)C1)C1=CCC(Br)S1. The third-order valence-electron chi connectivity index (χ3n) is 6.37. The monoisotopic (exact) mass is 551 g/mol. The number of hydrogen-bond acceptors (Lipinski definition) is 8. The van der Waals surface area contributed by atoms with Crippen LogP contribution in [0.25, 0.3) is 34.1 Å². The molecule has 3 unspecified atom stereocenters. The minimum Gasteiger partial charge on any atom is -0.349 e. The summed E-state index contributed by atoms with van der Waals surface area (Å²) in [6.45, 7) is 0. The molecular weight excluding hydrogens is 530 g/mol. The van der Waals surface area contributed by atoms with E-state index in [1.54, 1.807) is 18.0 Å². The lowest BCUT2D eigenvalue weighted by Gasteiger charge is -2.32. The molecule has 3 atom stereocenters. The van der Waals surface area contributed by atoms with E-state index < -0.39 is 0 Å². The van der Waals surface area contributed by atoms with Crippen LogP contribution in [0.5, 0.6) is 0 Å². The fourth-order valence-corrected chi connectivity index (χ4v) is 6.43. The predicted molar refractivity (Wildman–Crippen MR) is 136 cm³/mol. The maximum absolute atomic E-state index is 12.8. The van der Waals surface area contributed by atoms with Crippen LogP contribution in [0, 0.1) is 0 Å². The minimum absolute atomic E-state index is 0.0226. The molecular formula is C24H22BrN7O2S. The number of halogens is 1. The number of carbonyl (C=O) groups excluding carboxylic acids is 1. The largest absolute Gasteiger partial charge is 0.349 e. The Labute approximate surface area is 214 Å². The van der Waals surface area contributed by atoms with Crippen molar-refractivity contribution in [3.8, 4) is 23.0 Å². The number of nitrogens with one attached hydrogen (secondary N) is 1. The summed E-state index contributed by atoms with van der Waals surface area (Å²) < 4.78 is 7.40. The first-order valence-corrected chi connectivity index (χ1v) is 13.3. The molecule has 1 aliphatic carbocycles. The van der Waals surface area contributed by atoms with E-state index in [-0.39, 0.29) is 22.2 Å². The van der Waals surface area contributed by atoms with Gasteiger partial charge in [-0.25, -0.2) is 4.98 Å². The van der Waals surface area contributed by atoms with E-state index in [9.17, 15) is 4.79 Å². The van der Waals surface area contributed by atoms with Crippen LogP contribution in [0.3, 0.4) is 0 Å². The average Bonchev–Trinajstić information content (AvgIpc) is 3.64. The topological polar surface area (TPSA) is 112 Å². The molecule has 0 saturated heterocycles. The molecule has 0 bridgehead atoms. The zero-order valence-electron chi connectivity index (χ0n) is 18.7. The summed E-state index contributed by atoms with van der Waals surface area (Å²) in [4.78, 5) is 31.8. The second-order valence-corrected chi connectivity index (χ2v) is 11.6. The Kier molecular flexibility index (Phi) is 6.11. The predicted octanol–water partition coefficient (Wildman–Crippen LogP) is 4.89. The number of nitrogens with zero attached hydrogens (tertiary/aromatic N) is 6. The van der Waals surface area contributed by atoms with E-state index in [2.05, 4.69) is 45.9 Å². The highest BCUT2D eigenvalue weighted by atomic mass is 79.9. The van der Waals surface area contributed by atoms with E-state index in [0.717, 1.165) is 59.6 Å². The Morgan fingerprint density at radius 2 is 2.14 bits per heavy atom. The van der Waals surface area contributed by atoms with Gasteiger partial charge in [0.05, 0.1) is 26.3 Å². The number of aromatic nitrogens is 6. The molecule has 178 valence electrons. The Morgan fingerprint density at radius 3 is 2.91 bits per heavy atom. The fourth-order valence-electron chi connectivity index (χ4n) is 4.81. The van der Waals surface area contributed by atoms with Crippen molar-refractivity contribution in [2.75, 3.05) is 0 Å². The van der Waals surface area contributed by atoms with Crippen LogP contribution in [0.4, 0.5) is 0 Å². The standard InChI is InChI=1S/C24H22BrN7O2S/c25-21-8-7-20(35-21)24(33)29-14-4-3-5-15(10-14)32-19-12-27-18(22-28-13-34-31-22)11-17(19)30-23(32)16-6-1-2-9-26-16/h1-2,6-7,9,11-15,21H,3-5,8,10H2,(H,29,33). The highest BCUT2D eigenvalue weighted by Gasteiger charge is 2.30. The van der Waals surface area contributed by atoms with E-state index in [1.807, 2.05) is 36.5 Å². The van der Waals surface area contributed by atoms with Crippen LogP contribution >= 0.6 is 27.7 Å². The molecule has 11 heteroatoms. The Hall–Kier alpha value is -3.05. The molecule has 1 fully saturated rings. The summed E-state index contributed by atoms with van der Waals surface area (Å²) >= 11 is 5.15. The summed E-state index contributed by atoms with van der Waals surface area (Å²) in [5.74, 6) is 1.24. The molecule has 5 heterocycles. The number of thioether (sulfide) groups is 1. The van der Waals surface area contributed by atoms with Crippen molar-refractivity contribution in [3.05, 3.63) is 54.0 Å². The van der Waals surface area contributed by atoms with Crippen LogP contribution in [0.15, 0.2) is 58.6 Å². The molecule has 0 spiro atoms. The molecule has 2 aliphatic rings. The first kappa shape index (κ1) is 22.4. The maximum atomic E-state index is 12.8. The lowest BCUT2D eigenvalue weighted by molar-refractivity contribution is -0.117. The van der Waals surface area contributed by atoms with E-state index >= 15 is 0 Å². The molecule has 4 aromatic heterocycles. The van der Waals surface area contributed by atoms with Crippen molar-refractivity contribution in [1.82, 2.24) is 35.0 Å². The number of carbonyl (C=O) groups is 1. The molecule has 4 aromatic rings. The van der Waals surface area contributed by atoms with Gasteiger partial charge in [-0.1, -0.05) is 33.2 Å². The van der Waals surface area contributed by atoms with Crippen molar-refractivity contribution >= 4 is 44.6 Å². The maximum Gasteiger partial charge on any atom is 0.257 e. The number of alkyl halides is 1. The molecule has 9 nitrogen and oxygen atoms in total. The second kappa shape index (κ2) is 9.54. The normalized spacial score (nSPS) is 22.3. The number of imidazole rings is 1. The molecule has 1 amide bonds. The number of fused-ring (bicyclic) bond motifs is 1. The number of allylic oxidation sites excluding steroid dienone is 1. The zero-order valence-corrected chi connectivity index (χ0v) is 21.1. The van der Waals surface area contributed by atoms with Gasteiger partial charge in [-0.2, -0.15) is 4.98 Å². The molecule has 1 aliphatic heterocycles. The van der Waals surface area contributed by atoms with Crippen LogP contribution in [-0.4, -0.2) is 45.8 Å². The van der Waals surface area contributed by atoms with Crippen molar-refractivity contribution < 1.29 is 9.32 Å². The van der Waals surface area contributed by atoms with Crippen LogP contribution in [-0.2, 0) is 4.79 Å². The van der Waals surface area contributed by atoms with Gasteiger partial charge in [-0.3, -0.25) is 14.8 Å². The van der Waals surface area contributed by atoms with Gasteiger partial charge in [0.25, 0.3) is 5.91 Å². The average molecular weight is 552 g/mol. The zero-order chi connectivity index (χ0) is 23.8. The van der Waals surface area contributed by atoms with E-state index in [0.29, 0.717) is 11.5 Å². The minimum atomic E-state index is 0.0226. The van der Waals surface area contributed by atoms with Gasteiger partial charge in [-0.05, 0) is 50.3 Å². The summed E-state index contributed by atoms with van der Waals surface area (Å²) in [7, 11) is 0. The van der Waals surface area contributed by atoms with Gasteiger partial charge in [0, 0.05) is 18.3 Å². The number of rotatable bonds is 5. The van der Waals surface area contributed by atoms with Crippen LogP contribution < -0.4 is 5.32 Å². The highest BCUT2D eigenvalue weighted by Crippen LogP contribution is 2.38. The number of hydrogen-bond donors (Lipinski definition) is 1. The van der Waals surface area contributed by atoms with Gasteiger partial charge in [0.15, 0.2) is 5.82 Å². The molecule has 35 heavy (non-hydrogen) atoms. The Balaban J connectivity index is 1.34. The first-order valence-electron chi connectivity index (χ1n) is 11.5. The van der Waals surface area contributed by atoms with Crippen LogP contribution in [0.1, 0.15) is 38.1 Å². The number of pyridine rings is 2. The lowest BCUT2D eigenvalue weighted by atomic mass is 9.90. The van der Waals surface area contributed by atoms with Crippen LogP contribution in [0.2, 0.25) is 0 Å². The molecule has 0 aromatic carbocycles. The summed E-state index contributed by atoms with van der Waals surface area (Å²) in [6, 6.07) is 7.95. The first-order chi connectivity index (χ1) is 17.2. The lowest BCUT2D eigenvalue weighted by Crippen LogP contribution is -2.39. The van der Waals surface area contributed by atoms with E-state index in [4.69, 9.17) is 9.51 Å². The molecule has 6 rings (SSSR count). The molecule has 1 N–H and O–H groups in total. The van der Waals surface area contributed by atoms with Gasteiger partial charge in [0.1, 0.15) is 11.4 Å². The smallest absolute Gasteiger partial charge is 0.257 e. The summed E-state index contributed by atoms with van der Waals surface area (Å²) in [5, 5.41) is 7.17. The summed E-state index contributed by atoms with van der Waals surface area (Å²) in [5.41, 5.74) is 3.12. The second-order valence-electron chi connectivity index (χ2n) is 8.66. The third-order valence-corrected chi connectivity index (χ3v) is 8.36. The molecule has 0 radical (unpaired) electrons. The molecule has 1 saturated carbocycles. The van der Waals surface area contributed by atoms with Crippen molar-refractivity contribution in [3.63, 3.8) is 0 Å². The fraction of sp³-hybridized carbons (Fsp3) is 0.333. The van der Waals surface area contributed by atoms with Crippen molar-refractivity contribution in [1.29, 1.82) is 0 Å². The van der Waals surface area contributed by atoms with Gasteiger partial charge < -0.3 is 14.4 Å². The summed E-state index contributed by atoms with van der Waals surface area (Å²) in [6.07, 6.45) is 11.5. The third kappa shape index (κ3) is 4.50. The van der Waals surface area contributed by atoms with Gasteiger partial charge in [0.2, 0.25) is 12.2 Å². The van der Waals surface area contributed by atoms with Crippen molar-refractivity contribution in [2.24, 2.45) is 0 Å². The highest BCUT2D eigenvalue weighted by molar-refractivity contribution is 9.11. The van der Waals surface area contributed by atoms with Gasteiger partial charge in [-0.15, -0.1) is 11.8 Å². The Bertz CT molecular complexity index is 1390. The van der Waals surface area contributed by atoms with Gasteiger partial charge >= 0.3 is 0 Å². The van der Waals surface area contributed by atoms with Crippen molar-refractivity contribution in [2.45, 2.75) is 48.3 Å². The van der Waals surface area contributed by atoms with E-state index in [1.165, 1.54) is 6.39 Å². The Morgan fingerprint density at radius 1 is 1.20 bits per heavy atom. The quantitative estimate of drug-likeness (QED) is 0.349.